The smallest absolute Gasteiger partial charge is 0.281 e. The zero-order chi connectivity index (χ0) is 17.4. The lowest BCUT2D eigenvalue weighted by Gasteiger charge is -2.28. The van der Waals surface area contributed by atoms with Gasteiger partial charge in [0, 0.05) is 12.2 Å². The molecule has 4 nitrogen and oxygen atoms in total. The largest absolute Gasteiger partial charge is 0.341 e. The summed E-state index contributed by atoms with van der Waals surface area (Å²) in [6.07, 6.45) is 4.05. The molecular weight excluding hydrogens is 310 g/mol. The number of benzene rings is 2. The van der Waals surface area contributed by atoms with E-state index in [-0.39, 0.29) is 5.56 Å². The highest BCUT2D eigenvalue weighted by Crippen LogP contribution is 2.30. The fourth-order valence-electron chi connectivity index (χ4n) is 3.33. The molecule has 3 aromatic rings. The van der Waals surface area contributed by atoms with Crippen molar-refractivity contribution in [2.24, 2.45) is 0 Å². The minimum Gasteiger partial charge on any atom is -0.341 e. The zero-order valence-electron chi connectivity index (χ0n) is 14.1. The van der Waals surface area contributed by atoms with Crippen molar-refractivity contribution < 1.29 is 0 Å². The van der Waals surface area contributed by atoms with Gasteiger partial charge < -0.3 is 4.90 Å². The summed E-state index contributed by atoms with van der Waals surface area (Å²) in [4.78, 5) is 15.2. The van der Waals surface area contributed by atoms with Crippen molar-refractivity contribution in [2.75, 3.05) is 11.4 Å². The Labute approximate surface area is 145 Å². The number of para-hydroxylation sites is 2. The molecule has 0 unspecified atom stereocenters. The number of H-pyrrole nitrogens is 1. The van der Waals surface area contributed by atoms with Crippen LogP contribution in [0.1, 0.15) is 12.5 Å². The summed E-state index contributed by atoms with van der Waals surface area (Å²) in [5.74, 6) is 0. The molecule has 0 saturated carbocycles. The van der Waals surface area contributed by atoms with Crippen LogP contribution in [0.4, 0.5) is 5.69 Å². The molecule has 1 aromatic heterocycles. The van der Waals surface area contributed by atoms with Gasteiger partial charge in [-0.3, -0.25) is 9.89 Å². The standard InChI is InChI=1S/C21H19N3O/c1-3-23-18-12-8-7-9-16(18)13-14-19(23)20-15(2)22-24(21(20)25)17-10-5-4-6-11-17/h4-14,22H,2-3H2,1H3. The second-order valence-electron chi connectivity index (χ2n) is 5.96. The highest BCUT2D eigenvalue weighted by molar-refractivity contribution is 5.88. The molecule has 25 heavy (non-hydrogen) atoms. The van der Waals surface area contributed by atoms with E-state index in [1.165, 1.54) is 0 Å². The highest BCUT2D eigenvalue weighted by atomic mass is 16.1. The molecule has 0 saturated heterocycles. The van der Waals surface area contributed by atoms with E-state index in [1.807, 2.05) is 48.5 Å². The monoisotopic (exact) mass is 329 g/mol. The van der Waals surface area contributed by atoms with Gasteiger partial charge in [-0.05, 0) is 36.8 Å². The Bertz CT molecular complexity index is 1120. The fraction of sp³-hybridized carbons (Fsp3) is 0.0952. The third-order valence-corrected chi connectivity index (χ3v) is 4.49. The van der Waals surface area contributed by atoms with Crippen LogP contribution in [-0.2, 0) is 0 Å². The molecule has 2 aromatic carbocycles. The Hall–Kier alpha value is -3.27. The third-order valence-electron chi connectivity index (χ3n) is 4.49. The predicted molar refractivity (Wildman–Crippen MR) is 103 cm³/mol. The summed E-state index contributed by atoms with van der Waals surface area (Å²) < 4.78 is 1.55. The van der Waals surface area contributed by atoms with Crippen LogP contribution in [0.25, 0.3) is 24.0 Å². The van der Waals surface area contributed by atoms with E-state index in [4.69, 9.17) is 0 Å². The summed E-state index contributed by atoms with van der Waals surface area (Å²) in [6, 6.07) is 17.7. The van der Waals surface area contributed by atoms with Gasteiger partial charge in [0.25, 0.3) is 5.56 Å². The topological polar surface area (TPSA) is 41.0 Å². The Balaban J connectivity index is 2.00. The van der Waals surface area contributed by atoms with Gasteiger partial charge in [-0.2, -0.15) is 0 Å². The Morgan fingerprint density at radius 1 is 1.00 bits per heavy atom. The third kappa shape index (κ3) is 2.43. The molecule has 0 fully saturated rings. The van der Waals surface area contributed by atoms with E-state index < -0.39 is 0 Å². The van der Waals surface area contributed by atoms with Gasteiger partial charge in [0.05, 0.1) is 22.0 Å². The molecule has 0 aliphatic carbocycles. The van der Waals surface area contributed by atoms with Crippen LogP contribution < -0.4 is 21.0 Å². The molecule has 1 aliphatic rings. The first-order valence-corrected chi connectivity index (χ1v) is 8.35. The molecule has 1 aliphatic heterocycles. The predicted octanol–water partition coefficient (Wildman–Crippen LogP) is 2.24. The van der Waals surface area contributed by atoms with Crippen molar-refractivity contribution in [3.05, 3.63) is 87.2 Å². The van der Waals surface area contributed by atoms with Gasteiger partial charge in [-0.25, -0.2) is 4.68 Å². The number of aromatic amines is 1. The molecule has 4 heteroatoms. The molecule has 0 bridgehead atoms. The lowest BCUT2D eigenvalue weighted by molar-refractivity contribution is 0.838. The summed E-state index contributed by atoms with van der Waals surface area (Å²) in [5, 5.41) is 4.33. The number of nitrogens with zero attached hydrogens (tertiary/aromatic N) is 2. The fourth-order valence-corrected chi connectivity index (χ4v) is 3.33. The summed E-state index contributed by atoms with van der Waals surface area (Å²) in [7, 11) is 0. The van der Waals surface area contributed by atoms with Crippen LogP contribution in [0.2, 0.25) is 0 Å². The quantitative estimate of drug-likeness (QED) is 0.783. The first-order chi connectivity index (χ1) is 12.2. The molecule has 2 heterocycles. The van der Waals surface area contributed by atoms with Crippen LogP contribution in [0.5, 0.6) is 0 Å². The normalized spacial score (nSPS) is 15.3. The SMILES string of the molecule is C=c1[nH]n(-c2ccccc2)c(=O)c1=C1C=Cc2ccccc2N1CC. The van der Waals surface area contributed by atoms with E-state index in [0.717, 1.165) is 29.2 Å². The number of hydrogen-bond acceptors (Lipinski definition) is 2. The first kappa shape index (κ1) is 15.3. The van der Waals surface area contributed by atoms with Crippen molar-refractivity contribution >= 4 is 24.0 Å². The molecule has 0 atom stereocenters. The van der Waals surface area contributed by atoms with Crippen LogP contribution in [0.15, 0.2) is 65.5 Å². The summed E-state index contributed by atoms with van der Waals surface area (Å²) >= 11 is 0. The van der Waals surface area contributed by atoms with Gasteiger partial charge in [0.1, 0.15) is 0 Å². The molecule has 0 amide bonds. The number of aromatic nitrogens is 2. The van der Waals surface area contributed by atoms with Crippen molar-refractivity contribution in [1.29, 1.82) is 0 Å². The van der Waals surface area contributed by atoms with Crippen LogP contribution in [-0.4, -0.2) is 16.3 Å². The number of hydrogen-bond donors (Lipinski definition) is 1. The summed E-state index contributed by atoms with van der Waals surface area (Å²) in [6.45, 7) is 6.92. The van der Waals surface area contributed by atoms with Gasteiger partial charge in [0.2, 0.25) is 0 Å². The van der Waals surface area contributed by atoms with Crippen LogP contribution >= 0.6 is 0 Å². The van der Waals surface area contributed by atoms with Gasteiger partial charge in [-0.15, -0.1) is 0 Å². The maximum Gasteiger partial charge on any atom is 0.281 e. The number of nitrogens with one attached hydrogen (secondary N) is 1. The molecule has 0 spiro atoms. The lowest BCUT2D eigenvalue weighted by atomic mass is 10.1. The van der Waals surface area contributed by atoms with Crippen molar-refractivity contribution in [3.63, 3.8) is 0 Å². The molecule has 124 valence electrons. The number of anilines is 1. The lowest BCUT2D eigenvalue weighted by Crippen LogP contribution is -2.41. The minimum atomic E-state index is -0.0892. The molecule has 0 radical (unpaired) electrons. The van der Waals surface area contributed by atoms with Gasteiger partial charge in [-0.1, -0.05) is 49.1 Å². The van der Waals surface area contributed by atoms with E-state index in [2.05, 4.69) is 41.7 Å². The van der Waals surface area contributed by atoms with Crippen LogP contribution in [0.3, 0.4) is 0 Å². The second-order valence-corrected chi connectivity index (χ2v) is 5.96. The van der Waals surface area contributed by atoms with E-state index >= 15 is 0 Å². The first-order valence-electron chi connectivity index (χ1n) is 8.35. The van der Waals surface area contributed by atoms with Gasteiger partial charge in [0.15, 0.2) is 0 Å². The second kappa shape index (κ2) is 5.98. The van der Waals surface area contributed by atoms with E-state index in [9.17, 15) is 4.79 Å². The van der Waals surface area contributed by atoms with Crippen molar-refractivity contribution in [3.8, 4) is 5.69 Å². The average Bonchev–Trinajstić information content (AvgIpc) is 2.95. The maximum atomic E-state index is 13.1. The highest BCUT2D eigenvalue weighted by Gasteiger charge is 2.18. The van der Waals surface area contributed by atoms with E-state index in [1.54, 1.807) is 4.68 Å². The number of likely N-dealkylation sites (N-methyl/N-ethyl adjacent to an activating group) is 1. The minimum absolute atomic E-state index is 0.0892. The van der Waals surface area contributed by atoms with Crippen molar-refractivity contribution in [1.82, 2.24) is 9.78 Å². The Morgan fingerprint density at radius 3 is 2.48 bits per heavy atom. The number of rotatable bonds is 2. The maximum absolute atomic E-state index is 13.1. The Kier molecular flexibility index (Phi) is 3.65. The molecular formula is C21H19N3O. The Morgan fingerprint density at radius 2 is 1.72 bits per heavy atom. The number of fused-ring (bicyclic) bond motifs is 1. The van der Waals surface area contributed by atoms with E-state index in [0.29, 0.717) is 10.6 Å². The van der Waals surface area contributed by atoms with Crippen molar-refractivity contribution in [2.45, 2.75) is 6.92 Å². The van der Waals surface area contributed by atoms with Gasteiger partial charge >= 0.3 is 0 Å². The van der Waals surface area contributed by atoms with Crippen LogP contribution in [0, 0.1) is 0 Å². The molecule has 1 N–H and O–H groups in total. The average molecular weight is 329 g/mol. The summed E-state index contributed by atoms with van der Waals surface area (Å²) in [5.41, 5.74) is 3.84. The zero-order valence-corrected chi connectivity index (χ0v) is 14.1. The molecule has 4 rings (SSSR count).